The van der Waals surface area contributed by atoms with Crippen LogP contribution < -0.4 is 5.73 Å². The van der Waals surface area contributed by atoms with E-state index in [1.165, 1.54) is 6.07 Å². The van der Waals surface area contributed by atoms with Gasteiger partial charge >= 0.3 is 5.97 Å². The summed E-state index contributed by atoms with van der Waals surface area (Å²) in [6.07, 6.45) is 0. The van der Waals surface area contributed by atoms with Gasteiger partial charge in [0.25, 0.3) is 0 Å². The van der Waals surface area contributed by atoms with E-state index in [4.69, 9.17) is 33.7 Å². The second-order valence-corrected chi connectivity index (χ2v) is 4.92. The van der Waals surface area contributed by atoms with Gasteiger partial charge in [0, 0.05) is 0 Å². The van der Waals surface area contributed by atoms with E-state index in [1.807, 2.05) is 0 Å². The average molecular weight is 263 g/mol. The number of pyridine rings is 1. The summed E-state index contributed by atoms with van der Waals surface area (Å²) in [5.41, 5.74) is 5.22. The van der Waals surface area contributed by atoms with E-state index in [2.05, 4.69) is 4.98 Å². The molecule has 0 amide bonds. The number of hydrogen-bond donors (Lipinski definition) is 1. The van der Waals surface area contributed by atoms with Crippen molar-refractivity contribution in [1.82, 2.24) is 4.98 Å². The lowest BCUT2D eigenvalue weighted by Crippen LogP contribution is -2.24. The van der Waals surface area contributed by atoms with Crippen LogP contribution in [0.1, 0.15) is 31.1 Å². The van der Waals surface area contributed by atoms with Gasteiger partial charge in [-0.05, 0) is 26.8 Å². The van der Waals surface area contributed by atoms with Crippen LogP contribution in [-0.2, 0) is 4.74 Å². The molecule has 16 heavy (non-hydrogen) atoms. The van der Waals surface area contributed by atoms with E-state index in [9.17, 15) is 4.79 Å². The first-order chi connectivity index (χ1) is 7.20. The predicted molar refractivity (Wildman–Crippen MR) is 63.8 cm³/mol. The summed E-state index contributed by atoms with van der Waals surface area (Å²) in [4.78, 5) is 15.4. The third-order valence-corrected chi connectivity index (χ3v) is 2.17. The minimum absolute atomic E-state index is 0.0200. The number of carbonyl (C=O) groups excluding carboxylic acids is 1. The summed E-state index contributed by atoms with van der Waals surface area (Å²) in [6.45, 7) is 5.27. The topological polar surface area (TPSA) is 65.2 Å². The average Bonchev–Trinajstić information content (AvgIpc) is 2.08. The fourth-order valence-corrected chi connectivity index (χ4v) is 1.36. The molecule has 1 aromatic rings. The highest BCUT2D eigenvalue weighted by atomic mass is 35.5. The van der Waals surface area contributed by atoms with E-state index in [-0.39, 0.29) is 21.6 Å². The largest absolute Gasteiger partial charge is 0.456 e. The number of aromatic nitrogens is 1. The zero-order chi connectivity index (χ0) is 12.5. The quantitative estimate of drug-likeness (QED) is 0.625. The molecule has 88 valence electrons. The lowest BCUT2D eigenvalue weighted by molar-refractivity contribution is 0.00694. The van der Waals surface area contributed by atoms with Gasteiger partial charge in [-0.3, -0.25) is 0 Å². The summed E-state index contributed by atoms with van der Waals surface area (Å²) >= 11 is 11.4. The summed E-state index contributed by atoms with van der Waals surface area (Å²) < 4.78 is 5.14. The van der Waals surface area contributed by atoms with Crippen molar-refractivity contribution >= 4 is 34.9 Å². The van der Waals surface area contributed by atoms with Crippen molar-refractivity contribution in [3.05, 3.63) is 21.9 Å². The first-order valence-corrected chi connectivity index (χ1v) is 5.31. The number of halogens is 2. The molecule has 1 heterocycles. The van der Waals surface area contributed by atoms with E-state index in [0.717, 1.165) is 0 Å². The Kier molecular flexibility index (Phi) is 3.65. The molecule has 0 aromatic carbocycles. The highest BCUT2D eigenvalue weighted by Gasteiger charge is 2.21. The first-order valence-electron chi connectivity index (χ1n) is 4.55. The van der Waals surface area contributed by atoms with Gasteiger partial charge in [-0.2, -0.15) is 0 Å². The Morgan fingerprint density at radius 2 is 1.94 bits per heavy atom. The van der Waals surface area contributed by atoms with Crippen LogP contribution in [0.2, 0.25) is 10.3 Å². The lowest BCUT2D eigenvalue weighted by Gasteiger charge is -2.19. The molecule has 1 rings (SSSR count). The Morgan fingerprint density at radius 1 is 1.38 bits per heavy atom. The van der Waals surface area contributed by atoms with Crippen molar-refractivity contribution in [3.8, 4) is 0 Å². The van der Waals surface area contributed by atoms with E-state index in [1.54, 1.807) is 20.8 Å². The molecule has 0 spiro atoms. The number of nitrogens with two attached hydrogens (primary N) is 1. The Balaban J connectivity index is 3.05. The molecule has 0 saturated heterocycles. The molecular weight excluding hydrogens is 251 g/mol. The third-order valence-electron chi connectivity index (χ3n) is 1.58. The van der Waals surface area contributed by atoms with Crippen LogP contribution in [0.5, 0.6) is 0 Å². The Bertz CT molecular complexity index is 428. The Hall–Kier alpha value is -1.00. The number of anilines is 1. The molecule has 0 saturated carbocycles. The fourth-order valence-electron chi connectivity index (χ4n) is 0.962. The number of rotatable bonds is 1. The normalized spacial score (nSPS) is 11.3. The van der Waals surface area contributed by atoms with Gasteiger partial charge in [0.15, 0.2) is 5.15 Å². The molecule has 1 aromatic heterocycles. The smallest absolute Gasteiger partial charge is 0.341 e. The van der Waals surface area contributed by atoms with Crippen LogP contribution in [0.25, 0.3) is 0 Å². The van der Waals surface area contributed by atoms with Gasteiger partial charge in [0.1, 0.15) is 10.8 Å². The minimum atomic E-state index is -0.602. The van der Waals surface area contributed by atoms with E-state index < -0.39 is 11.6 Å². The van der Waals surface area contributed by atoms with Crippen LogP contribution in [-0.4, -0.2) is 16.6 Å². The van der Waals surface area contributed by atoms with Crippen LogP contribution in [0, 0.1) is 0 Å². The monoisotopic (exact) mass is 262 g/mol. The van der Waals surface area contributed by atoms with Crippen molar-refractivity contribution in [2.45, 2.75) is 26.4 Å². The van der Waals surface area contributed by atoms with Crippen molar-refractivity contribution < 1.29 is 9.53 Å². The predicted octanol–water partition coefficient (Wildman–Crippen LogP) is 2.93. The Morgan fingerprint density at radius 3 is 2.44 bits per heavy atom. The maximum absolute atomic E-state index is 11.7. The second kappa shape index (κ2) is 4.47. The summed E-state index contributed by atoms with van der Waals surface area (Å²) in [5.74, 6) is -0.576. The number of nitrogen functional groups attached to an aromatic ring is 1. The number of ether oxygens (including phenoxy) is 1. The zero-order valence-corrected chi connectivity index (χ0v) is 10.7. The first kappa shape index (κ1) is 13.1. The molecule has 0 radical (unpaired) electrons. The van der Waals surface area contributed by atoms with Gasteiger partial charge in [0.2, 0.25) is 0 Å². The van der Waals surface area contributed by atoms with Crippen molar-refractivity contribution in [3.63, 3.8) is 0 Å². The SMILES string of the molecule is CC(C)(C)OC(=O)c1cc(N)c(Cl)nc1Cl. The highest BCUT2D eigenvalue weighted by Crippen LogP contribution is 2.25. The van der Waals surface area contributed by atoms with Crippen LogP contribution in [0.3, 0.4) is 0 Å². The zero-order valence-electron chi connectivity index (χ0n) is 9.17. The van der Waals surface area contributed by atoms with Crippen LogP contribution >= 0.6 is 23.2 Å². The van der Waals surface area contributed by atoms with Crippen molar-refractivity contribution in [2.24, 2.45) is 0 Å². The minimum Gasteiger partial charge on any atom is -0.456 e. The van der Waals surface area contributed by atoms with Crippen LogP contribution in [0.15, 0.2) is 6.07 Å². The molecule has 0 unspecified atom stereocenters. The van der Waals surface area contributed by atoms with Crippen molar-refractivity contribution in [2.75, 3.05) is 5.73 Å². The number of esters is 1. The van der Waals surface area contributed by atoms with Gasteiger partial charge in [-0.25, -0.2) is 9.78 Å². The maximum Gasteiger partial charge on any atom is 0.341 e. The lowest BCUT2D eigenvalue weighted by atomic mass is 10.2. The highest BCUT2D eigenvalue weighted by molar-refractivity contribution is 6.35. The number of carbonyl (C=O) groups is 1. The van der Waals surface area contributed by atoms with Gasteiger partial charge in [-0.1, -0.05) is 23.2 Å². The summed E-state index contributed by atoms with van der Waals surface area (Å²) in [5, 5.41) is 0.0470. The van der Waals surface area contributed by atoms with Gasteiger partial charge in [0.05, 0.1) is 11.3 Å². The number of hydrogen-bond acceptors (Lipinski definition) is 4. The third kappa shape index (κ3) is 3.25. The summed E-state index contributed by atoms with van der Waals surface area (Å²) in [7, 11) is 0. The standard InChI is InChI=1S/C10H12Cl2N2O2/c1-10(2,3)16-9(15)5-4-6(13)8(12)14-7(5)11/h4H,13H2,1-3H3. The van der Waals surface area contributed by atoms with Gasteiger partial charge < -0.3 is 10.5 Å². The van der Waals surface area contributed by atoms with Crippen molar-refractivity contribution in [1.29, 1.82) is 0 Å². The molecule has 0 aliphatic carbocycles. The van der Waals surface area contributed by atoms with Gasteiger partial charge in [-0.15, -0.1) is 0 Å². The molecule has 6 heteroatoms. The van der Waals surface area contributed by atoms with E-state index in [0.29, 0.717) is 0 Å². The fraction of sp³-hybridized carbons (Fsp3) is 0.400. The summed E-state index contributed by atoms with van der Waals surface area (Å²) in [6, 6.07) is 1.35. The number of nitrogens with zero attached hydrogens (tertiary/aromatic N) is 1. The van der Waals surface area contributed by atoms with Crippen LogP contribution in [0.4, 0.5) is 5.69 Å². The molecule has 0 aliphatic heterocycles. The molecule has 2 N–H and O–H groups in total. The van der Waals surface area contributed by atoms with E-state index >= 15 is 0 Å². The molecule has 0 aliphatic rings. The maximum atomic E-state index is 11.7. The molecule has 0 atom stereocenters. The molecular formula is C10H12Cl2N2O2. The second-order valence-electron chi connectivity index (χ2n) is 4.21. The molecule has 0 bridgehead atoms. The Labute approximate surface area is 104 Å². The molecule has 0 fully saturated rings. The molecule has 4 nitrogen and oxygen atoms in total.